The van der Waals surface area contributed by atoms with Gasteiger partial charge < -0.3 is 24.4 Å². The summed E-state index contributed by atoms with van der Waals surface area (Å²) < 4.78 is 42.3. The molecule has 0 spiro atoms. The number of ether oxygens (including phenoxy) is 1. The van der Waals surface area contributed by atoms with Crippen molar-refractivity contribution < 1.29 is 22.7 Å². The average Bonchev–Trinajstić information content (AvgIpc) is 3.29. The standard InChI is InChI=1S/C20H19F3N6O2/c21-20(22,23)31-16-5-3-15(4-6-16)24-19(30)29-13-11-28(12-14-29)18-8-7-17(25-26-18)27-9-1-2-10-27/h1-10H,11-14H2,(H,24,30). The van der Waals surface area contributed by atoms with Gasteiger partial charge in [-0.05, 0) is 48.5 Å². The third kappa shape index (κ3) is 5.24. The number of hydrogen-bond donors (Lipinski definition) is 1. The van der Waals surface area contributed by atoms with Crippen LogP contribution in [0.15, 0.2) is 60.9 Å². The van der Waals surface area contributed by atoms with Gasteiger partial charge in [-0.3, -0.25) is 0 Å². The predicted octanol–water partition coefficient (Wildman–Crippen LogP) is 3.52. The summed E-state index contributed by atoms with van der Waals surface area (Å²) >= 11 is 0. The normalized spacial score (nSPS) is 14.4. The van der Waals surface area contributed by atoms with Gasteiger partial charge in [0.05, 0.1) is 0 Å². The second kappa shape index (κ2) is 8.54. The Labute approximate surface area is 175 Å². The van der Waals surface area contributed by atoms with E-state index in [1.807, 2.05) is 46.1 Å². The molecule has 4 rings (SSSR count). The Morgan fingerprint density at radius 2 is 1.52 bits per heavy atom. The highest BCUT2D eigenvalue weighted by molar-refractivity contribution is 5.89. The molecule has 0 saturated carbocycles. The molecule has 3 heterocycles. The summed E-state index contributed by atoms with van der Waals surface area (Å²) in [5.74, 6) is 1.11. The van der Waals surface area contributed by atoms with E-state index in [2.05, 4.69) is 20.3 Å². The van der Waals surface area contributed by atoms with E-state index in [1.165, 1.54) is 12.1 Å². The summed E-state index contributed by atoms with van der Waals surface area (Å²) in [5, 5.41) is 11.2. The second-order valence-corrected chi connectivity index (χ2v) is 6.82. The molecular weight excluding hydrogens is 413 g/mol. The quantitative estimate of drug-likeness (QED) is 0.683. The van der Waals surface area contributed by atoms with Crippen LogP contribution in [0, 0.1) is 0 Å². The molecule has 1 aliphatic heterocycles. The van der Waals surface area contributed by atoms with E-state index in [4.69, 9.17) is 0 Å². The summed E-state index contributed by atoms with van der Waals surface area (Å²) in [5.41, 5.74) is 0.383. The lowest BCUT2D eigenvalue weighted by Crippen LogP contribution is -2.50. The van der Waals surface area contributed by atoms with E-state index >= 15 is 0 Å². The van der Waals surface area contributed by atoms with Crippen molar-refractivity contribution in [2.45, 2.75) is 6.36 Å². The number of urea groups is 1. The van der Waals surface area contributed by atoms with Gasteiger partial charge in [0, 0.05) is 44.3 Å². The molecule has 1 aromatic carbocycles. The Balaban J connectivity index is 1.29. The maximum atomic E-state index is 12.5. The summed E-state index contributed by atoms with van der Waals surface area (Å²) in [6.45, 7) is 2.12. The maximum Gasteiger partial charge on any atom is 0.573 e. The number of anilines is 2. The Morgan fingerprint density at radius 3 is 2.10 bits per heavy atom. The lowest BCUT2D eigenvalue weighted by molar-refractivity contribution is -0.274. The lowest BCUT2D eigenvalue weighted by atomic mass is 10.3. The Kier molecular flexibility index (Phi) is 5.65. The summed E-state index contributed by atoms with van der Waals surface area (Å²) in [4.78, 5) is 16.1. The number of amides is 2. The zero-order valence-corrected chi connectivity index (χ0v) is 16.3. The van der Waals surface area contributed by atoms with Crippen LogP contribution >= 0.6 is 0 Å². The third-order valence-electron chi connectivity index (χ3n) is 4.74. The molecule has 31 heavy (non-hydrogen) atoms. The number of hydrogen-bond acceptors (Lipinski definition) is 5. The fourth-order valence-electron chi connectivity index (χ4n) is 3.19. The zero-order chi connectivity index (χ0) is 21.8. The van der Waals surface area contributed by atoms with E-state index < -0.39 is 6.36 Å². The molecule has 0 radical (unpaired) electrons. The first-order valence-electron chi connectivity index (χ1n) is 9.51. The number of rotatable bonds is 4. The number of carbonyl (C=O) groups excluding carboxylic acids is 1. The summed E-state index contributed by atoms with van der Waals surface area (Å²) in [6.07, 6.45) is -0.979. The molecule has 8 nitrogen and oxygen atoms in total. The van der Waals surface area contributed by atoms with Crippen molar-refractivity contribution in [1.29, 1.82) is 0 Å². The first-order valence-corrected chi connectivity index (χ1v) is 9.51. The molecular formula is C20H19F3N6O2. The molecule has 162 valence electrons. The van der Waals surface area contributed by atoms with E-state index in [9.17, 15) is 18.0 Å². The summed E-state index contributed by atoms with van der Waals surface area (Å²) in [6, 6.07) is 12.3. The van der Waals surface area contributed by atoms with Crippen molar-refractivity contribution in [3.63, 3.8) is 0 Å². The van der Waals surface area contributed by atoms with E-state index in [0.717, 1.165) is 23.8 Å². The monoisotopic (exact) mass is 432 g/mol. The van der Waals surface area contributed by atoms with Crippen LogP contribution in [-0.2, 0) is 0 Å². The van der Waals surface area contributed by atoms with Crippen molar-refractivity contribution in [1.82, 2.24) is 19.7 Å². The zero-order valence-electron chi connectivity index (χ0n) is 16.3. The van der Waals surface area contributed by atoms with Crippen LogP contribution in [0.2, 0.25) is 0 Å². The van der Waals surface area contributed by atoms with E-state index in [0.29, 0.717) is 31.9 Å². The van der Waals surface area contributed by atoms with Crippen molar-refractivity contribution in [3.8, 4) is 11.6 Å². The van der Waals surface area contributed by atoms with Crippen molar-refractivity contribution >= 4 is 17.5 Å². The number of halogens is 3. The Hall–Kier alpha value is -3.76. The van der Waals surface area contributed by atoms with Gasteiger partial charge >= 0.3 is 12.4 Å². The van der Waals surface area contributed by atoms with Gasteiger partial charge in [0.2, 0.25) is 0 Å². The minimum atomic E-state index is -4.75. The fourth-order valence-corrected chi connectivity index (χ4v) is 3.19. The first-order chi connectivity index (χ1) is 14.9. The van der Waals surface area contributed by atoms with Crippen LogP contribution in [0.1, 0.15) is 0 Å². The molecule has 0 unspecified atom stereocenters. The number of piperazine rings is 1. The van der Waals surface area contributed by atoms with E-state index in [-0.39, 0.29) is 11.8 Å². The number of benzene rings is 1. The van der Waals surface area contributed by atoms with Crippen LogP contribution in [0.25, 0.3) is 5.82 Å². The molecule has 2 aromatic heterocycles. The second-order valence-electron chi connectivity index (χ2n) is 6.82. The smallest absolute Gasteiger partial charge is 0.406 e. The Morgan fingerprint density at radius 1 is 0.903 bits per heavy atom. The van der Waals surface area contributed by atoms with Gasteiger partial charge in [-0.2, -0.15) is 0 Å². The molecule has 3 aromatic rings. The van der Waals surface area contributed by atoms with E-state index in [1.54, 1.807) is 4.90 Å². The number of nitrogens with zero attached hydrogens (tertiary/aromatic N) is 5. The lowest BCUT2D eigenvalue weighted by Gasteiger charge is -2.35. The molecule has 11 heteroatoms. The van der Waals surface area contributed by atoms with Crippen LogP contribution in [0.4, 0.5) is 29.5 Å². The van der Waals surface area contributed by atoms with Gasteiger partial charge in [-0.1, -0.05) is 0 Å². The van der Waals surface area contributed by atoms with Gasteiger partial charge in [-0.25, -0.2) is 4.79 Å². The number of alkyl halides is 3. The molecule has 0 aliphatic carbocycles. The number of nitrogens with one attached hydrogen (secondary N) is 1. The minimum Gasteiger partial charge on any atom is -0.406 e. The van der Waals surface area contributed by atoms with Gasteiger partial charge in [0.25, 0.3) is 0 Å². The van der Waals surface area contributed by atoms with Crippen LogP contribution in [0.3, 0.4) is 0 Å². The van der Waals surface area contributed by atoms with Crippen molar-refractivity contribution in [2.75, 3.05) is 36.4 Å². The highest BCUT2D eigenvalue weighted by Gasteiger charge is 2.31. The summed E-state index contributed by atoms with van der Waals surface area (Å²) in [7, 11) is 0. The molecule has 1 N–H and O–H groups in total. The molecule has 1 fully saturated rings. The van der Waals surface area contributed by atoms with Gasteiger partial charge in [0.15, 0.2) is 11.6 Å². The highest BCUT2D eigenvalue weighted by Crippen LogP contribution is 2.24. The number of aromatic nitrogens is 3. The molecule has 2 amide bonds. The minimum absolute atomic E-state index is 0.321. The SMILES string of the molecule is O=C(Nc1ccc(OC(F)(F)F)cc1)N1CCN(c2ccc(-n3cccc3)nn2)CC1. The average molecular weight is 432 g/mol. The van der Waals surface area contributed by atoms with Gasteiger partial charge in [-0.15, -0.1) is 23.4 Å². The molecule has 0 atom stereocenters. The van der Waals surface area contributed by atoms with Crippen molar-refractivity contribution in [2.24, 2.45) is 0 Å². The predicted molar refractivity (Wildman–Crippen MR) is 107 cm³/mol. The number of carbonyl (C=O) groups is 1. The topological polar surface area (TPSA) is 75.5 Å². The van der Waals surface area contributed by atoms with Gasteiger partial charge in [0.1, 0.15) is 5.75 Å². The van der Waals surface area contributed by atoms with Crippen LogP contribution in [-0.4, -0.2) is 58.2 Å². The molecule has 0 bridgehead atoms. The first kappa shape index (κ1) is 20.5. The largest absolute Gasteiger partial charge is 0.573 e. The third-order valence-corrected chi connectivity index (χ3v) is 4.74. The van der Waals surface area contributed by atoms with Crippen LogP contribution in [0.5, 0.6) is 5.75 Å². The van der Waals surface area contributed by atoms with Crippen molar-refractivity contribution in [3.05, 3.63) is 60.9 Å². The molecule has 1 saturated heterocycles. The maximum absolute atomic E-state index is 12.5. The van der Waals surface area contributed by atoms with Crippen LogP contribution < -0.4 is 15.0 Å². The fraction of sp³-hybridized carbons (Fsp3) is 0.250. The molecule has 1 aliphatic rings. The Bertz CT molecular complexity index is 999. The highest BCUT2D eigenvalue weighted by atomic mass is 19.4.